The van der Waals surface area contributed by atoms with Gasteiger partial charge in [-0.15, -0.1) is 0 Å². The number of nitrogens with zero attached hydrogens (tertiary/aromatic N) is 1. The average molecular weight is 392 g/mol. The number of carbonyl (C=O) groups is 1. The van der Waals surface area contributed by atoms with E-state index >= 15 is 0 Å². The number of hydrogen-bond donors (Lipinski definition) is 1. The molecule has 2 aromatic rings. The second kappa shape index (κ2) is 7.38. The minimum atomic E-state index is -4.07. The summed E-state index contributed by atoms with van der Waals surface area (Å²) in [5, 5.41) is 8.95. The van der Waals surface area contributed by atoms with Gasteiger partial charge < -0.3 is 5.11 Å². The molecule has 0 amide bonds. The zero-order chi connectivity index (χ0) is 17.9. The van der Waals surface area contributed by atoms with Gasteiger partial charge in [0.2, 0.25) is 0 Å². The highest BCUT2D eigenvalue weighted by Gasteiger charge is 2.26. The molecule has 0 aliphatic rings. The molecule has 5 nitrogen and oxygen atoms in total. The van der Waals surface area contributed by atoms with Crippen LogP contribution in [-0.4, -0.2) is 26.0 Å². The molecule has 0 saturated carbocycles. The minimum Gasteiger partial charge on any atom is -0.481 e. The van der Waals surface area contributed by atoms with Gasteiger partial charge >= 0.3 is 5.97 Å². The predicted molar refractivity (Wildman–Crippen MR) is 89.6 cm³/mol. The Morgan fingerprint density at radius 3 is 2.29 bits per heavy atom. The molecule has 0 spiro atoms. The smallest absolute Gasteiger partial charge is 0.305 e. The SMILES string of the molecule is O=C(O)CCN(c1ccc(F)c(Cl)c1)S(=O)(=O)c1ccc(Cl)cc1. The van der Waals surface area contributed by atoms with Gasteiger partial charge in [-0.3, -0.25) is 9.10 Å². The molecule has 0 aliphatic heterocycles. The van der Waals surface area contributed by atoms with Crippen molar-refractivity contribution in [3.63, 3.8) is 0 Å². The first-order valence-corrected chi connectivity index (χ1v) is 8.86. The standard InChI is InChI=1S/C15H12Cl2FNO4S/c16-10-1-4-12(5-2-10)24(22,23)19(8-7-15(20)21)11-3-6-14(18)13(17)9-11/h1-6,9H,7-8H2,(H,20,21). The van der Waals surface area contributed by atoms with Crippen LogP contribution in [-0.2, 0) is 14.8 Å². The summed E-state index contributed by atoms with van der Waals surface area (Å²) in [6.07, 6.45) is -0.429. The van der Waals surface area contributed by atoms with Crippen LogP contribution in [0.25, 0.3) is 0 Å². The van der Waals surface area contributed by atoms with Crippen molar-refractivity contribution in [1.82, 2.24) is 0 Å². The van der Waals surface area contributed by atoms with Gasteiger partial charge in [-0.1, -0.05) is 23.2 Å². The van der Waals surface area contributed by atoms with E-state index in [1.165, 1.54) is 30.3 Å². The van der Waals surface area contributed by atoms with Crippen molar-refractivity contribution in [3.05, 3.63) is 58.3 Å². The predicted octanol–water partition coefficient (Wildman–Crippen LogP) is 3.80. The van der Waals surface area contributed by atoms with E-state index < -0.39 is 28.2 Å². The highest BCUT2D eigenvalue weighted by Crippen LogP contribution is 2.28. The number of hydrogen-bond acceptors (Lipinski definition) is 3. The molecule has 0 aromatic heterocycles. The quantitative estimate of drug-likeness (QED) is 0.812. The van der Waals surface area contributed by atoms with Crippen LogP contribution in [0.4, 0.5) is 10.1 Å². The van der Waals surface area contributed by atoms with E-state index in [1.807, 2.05) is 0 Å². The summed E-state index contributed by atoms with van der Waals surface area (Å²) in [5.74, 6) is -1.87. The zero-order valence-corrected chi connectivity index (χ0v) is 14.4. The fourth-order valence-corrected chi connectivity index (χ4v) is 3.72. The molecule has 0 unspecified atom stereocenters. The minimum absolute atomic E-state index is 0.0672. The molecule has 0 heterocycles. The molecule has 9 heteroatoms. The number of benzene rings is 2. The van der Waals surface area contributed by atoms with E-state index in [-0.39, 0.29) is 22.2 Å². The van der Waals surface area contributed by atoms with Crippen molar-refractivity contribution >= 4 is 44.9 Å². The third-order valence-corrected chi connectivity index (χ3v) is 5.50. The van der Waals surface area contributed by atoms with E-state index in [2.05, 4.69) is 0 Å². The van der Waals surface area contributed by atoms with Crippen LogP contribution in [0.1, 0.15) is 6.42 Å². The molecule has 0 fully saturated rings. The summed E-state index contributed by atoms with van der Waals surface area (Å²) >= 11 is 11.5. The van der Waals surface area contributed by atoms with Gasteiger partial charge in [-0.05, 0) is 42.5 Å². The highest BCUT2D eigenvalue weighted by molar-refractivity contribution is 7.92. The topological polar surface area (TPSA) is 74.7 Å². The number of sulfonamides is 1. The largest absolute Gasteiger partial charge is 0.481 e. The number of carboxylic acid groups (broad SMARTS) is 1. The summed E-state index contributed by atoms with van der Waals surface area (Å²) in [7, 11) is -4.07. The maximum atomic E-state index is 13.3. The molecule has 0 radical (unpaired) electrons. The Morgan fingerprint density at radius 2 is 1.75 bits per heavy atom. The van der Waals surface area contributed by atoms with E-state index in [0.29, 0.717) is 5.02 Å². The summed E-state index contributed by atoms with van der Waals surface area (Å²) in [5.41, 5.74) is 0.0672. The molecule has 0 bridgehead atoms. The van der Waals surface area contributed by atoms with Gasteiger partial charge in [0.05, 0.1) is 22.0 Å². The van der Waals surface area contributed by atoms with Crippen LogP contribution < -0.4 is 4.31 Å². The maximum absolute atomic E-state index is 13.3. The molecule has 2 rings (SSSR count). The number of anilines is 1. The lowest BCUT2D eigenvalue weighted by Crippen LogP contribution is -2.33. The van der Waals surface area contributed by atoms with Crippen molar-refractivity contribution < 1.29 is 22.7 Å². The monoisotopic (exact) mass is 391 g/mol. The summed E-state index contributed by atoms with van der Waals surface area (Å²) in [4.78, 5) is 10.8. The van der Waals surface area contributed by atoms with Crippen LogP contribution in [0.3, 0.4) is 0 Å². The molecule has 0 atom stereocenters. The Kier molecular flexibility index (Phi) is 5.69. The summed E-state index contributed by atoms with van der Waals surface area (Å²) < 4.78 is 39.8. The van der Waals surface area contributed by atoms with E-state index in [0.717, 1.165) is 16.4 Å². The molecular formula is C15H12Cl2FNO4S. The second-order valence-electron chi connectivity index (χ2n) is 4.77. The maximum Gasteiger partial charge on any atom is 0.305 e. The van der Waals surface area contributed by atoms with Gasteiger partial charge in [0.25, 0.3) is 10.0 Å². The van der Waals surface area contributed by atoms with E-state index in [9.17, 15) is 17.6 Å². The van der Waals surface area contributed by atoms with E-state index in [4.69, 9.17) is 28.3 Å². The lowest BCUT2D eigenvalue weighted by atomic mass is 10.3. The zero-order valence-electron chi connectivity index (χ0n) is 12.1. The van der Waals surface area contributed by atoms with Crippen molar-refractivity contribution in [1.29, 1.82) is 0 Å². The first-order chi connectivity index (χ1) is 11.2. The van der Waals surface area contributed by atoms with Gasteiger partial charge in [0, 0.05) is 11.6 Å². The molecule has 1 N–H and O–H groups in total. The Labute approximate surface area is 148 Å². The lowest BCUT2D eigenvalue weighted by molar-refractivity contribution is -0.136. The number of halogens is 3. The Balaban J connectivity index is 2.50. The number of rotatable bonds is 6. The van der Waals surface area contributed by atoms with Crippen LogP contribution in [0.5, 0.6) is 0 Å². The van der Waals surface area contributed by atoms with Gasteiger partial charge in [-0.2, -0.15) is 0 Å². The van der Waals surface area contributed by atoms with Crippen molar-refractivity contribution in [2.24, 2.45) is 0 Å². The average Bonchev–Trinajstić information content (AvgIpc) is 2.51. The third kappa shape index (κ3) is 4.17. The van der Waals surface area contributed by atoms with Crippen molar-refractivity contribution in [2.75, 3.05) is 10.8 Å². The third-order valence-electron chi connectivity index (χ3n) is 3.12. The molecule has 2 aromatic carbocycles. The van der Waals surface area contributed by atoms with Crippen LogP contribution in [0.2, 0.25) is 10.0 Å². The van der Waals surface area contributed by atoms with Crippen molar-refractivity contribution in [2.45, 2.75) is 11.3 Å². The van der Waals surface area contributed by atoms with Crippen molar-refractivity contribution in [3.8, 4) is 0 Å². The normalized spacial score (nSPS) is 11.3. The molecular weight excluding hydrogens is 380 g/mol. The second-order valence-corrected chi connectivity index (χ2v) is 7.48. The first kappa shape index (κ1) is 18.5. The van der Waals surface area contributed by atoms with Crippen LogP contribution in [0.15, 0.2) is 47.4 Å². The van der Waals surface area contributed by atoms with E-state index in [1.54, 1.807) is 0 Å². The first-order valence-electron chi connectivity index (χ1n) is 6.67. The lowest BCUT2D eigenvalue weighted by Gasteiger charge is -2.24. The molecule has 24 heavy (non-hydrogen) atoms. The number of carboxylic acids is 1. The molecule has 128 valence electrons. The fourth-order valence-electron chi connectivity index (χ4n) is 1.96. The fraction of sp³-hybridized carbons (Fsp3) is 0.133. The van der Waals surface area contributed by atoms with Gasteiger partial charge in [0.15, 0.2) is 0 Å². The number of aliphatic carboxylic acids is 1. The highest BCUT2D eigenvalue weighted by atomic mass is 35.5. The molecule has 0 aliphatic carbocycles. The summed E-state index contributed by atoms with van der Waals surface area (Å²) in [6, 6.07) is 8.78. The van der Waals surface area contributed by atoms with Crippen LogP contribution >= 0.6 is 23.2 Å². The molecule has 0 saturated heterocycles. The summed E-state index contributed by atoms with van der Waals surface area (Å²) in [6.45, 7) is -0.331. The van der Waals surface area contributed by atoms with Crippen LogP contribution in [0, 0.1) is 5.82 Å². The van der Waals surface area contributed by atoms with Gasteiger partial charge in [0.1, 0.15) is 5.82 Å². The van der Waals surface area contributed by atoms with Gasteiger partial charge in [-0.25, -0.2) is 12.8 Å². The Bertz CT molecular complexity index is 856. The Morgan fingerprint density at radius 1 is 1.12 bits per heavy atom. The Hall–Kier alpha value is -1.83.